The molecule has 1 N–H and O–H groups in total. The summed E-state index contributed by atoms with van der Waals surface area (Å²) in [6.07, 6.45) is 0.584. The molecule has 1 aromatic heterocycles. The van der Waals surface area contributed by atoms with Gasteiger partial charge in [0.1, 0.15) is 0 Å². The minimum absolute atomic E-state index is 0.0632. The summed E-state index contributed by atoms with van der Waals surface area (Å²) in [5.41, 5.74) is -0.872. The Morgan fingerprint density at radius 2 is 1.41 bits per heavy atom. The van der Waals surface area contributed by atoms with E-state index in [-0.39, 0.29) is 5.69 Å². The van der Waals surface area contributed by atoms with Gasteiger partial charge >= 0.3 is 0 Å². The molecule has 1 aromatic carbocycles. The monoisotopic (exact) mass is 249 g/mol. The average Bonchev–Trinajstić information content (AvgIpc) is 2.82. The van der Waals surface area contributed by atoms with Crippen LogP contribution < -0.4 is 0 Å². The second kappa shape index (κ2) is 4.11. The molecule has 3 nitrogen and oxygen atoms in total. The zero-order valence-electron chi connectivity index (χ0n) is 8.07. The van der Waals surface area contributed by atoms with Crippen molar-refractivity contribution in [3.05, 3.63) is 46.5 Å². The van der Waals surface area contributed by atoms with Crippen molar-refractivity contribution in [2.45, 2.75) is 6.42 Å². The Labute approximate surface area is 91.3 Å². The highest BCUT2D eigenvalue weighted by Gasteiger charge is 2.25. The second-order valence-corrected chi connectivity index (χ2v) is 3.19. The summed E-state index contributed by atoms with van der Waals surface area (Å²) >= 11 is 0. The predicted octanol–water partition coefficient (Wildman–Crippen LogP) is 2.09. The summed E-state index contributed by atoms with van der Waals surface area (Å²) in [5.74, 6) is -9.83. The van der Waals surface area contributed by atoms with Gasteiger partial charge in [0.05, 0.1) is 11.9 Å². The quantitative estimate of drug-likeness (QED) is 0.503. The molecule has 90 valence electrons. The Morgan fingerprint density at radius 3 is 1.88 bits per heavy atom. The molecule has 0 bridgehead atoms. The molecule has 0 saturated carbocycles. The molecule has 0 spiro atoms. The fourth-order valence-corrected chi connectivity index (χ4v) is 1.30. The molecule has 1 heterocycles. The number of benzene rings is 1. The molecule has 0 saturated heterocycles. The van der Waals surface area contributed by atoms with Crippen LogP contribution in [0.2, 0.25) is 0 Å². The Hall–Kier alpha value is -1.99. The number of hydrogen-bond acceptors (Lipinski definition) is 2. The summed E-state index contributed by atoms with van der Waals surface area (Å²) in [6, 6.07) is 0. The van der Waals surface area contributed by atoms with E-state index in [9.17, 15) is 22.0 Å². The first-order valence-electron chi connectivity index (χ1n) is 4.37. The van der Waals surface area contributed by atoms with E-state index in [1.807, 2.05) is 0 Å². The third kappa shape index (κ3) is 1.85. The van der Waals surface area contributed by atoms with Crippen LogP contribution in [0.25, 0.3) is 0 Å². The van der Waals surface area contributed by atoms with Gasteiger partial charge in [0.15, 0.2) is 23.3 Å². The van der Waals surface area contributed by atoms with Crippen LogP contribution in [0.3, 0.4) is 0 Å². The van der Waals surface area contributed by atoms with Gasteiger partial charge in [0, 0.05) is 12.0 Å². The Morgan fingerprint density at radius 1 is 0.882 bits per heavy atom. The molecular weight excluding hydrogens is 245 g/mol. The van der Waals surface area contributed by atoms with E-state index in [0.717, 1.165) is 6.20 Å². The lowest BCUT2D eigenvalue weighted by molar-refractivity contribution is 0.371. The van der Waals surface area contributed by atoms with Gasteiger partial charge in [-0.2, -0.15) is 15.4 Å². The van der Waals surface area contributed by atoms with Crippen LogP contribution in [0.4, 0.5) is 22.0 Å². The van der Waals surface area contributed by atoms with E-state index in [1.54, 1.807) is 0 Å². The third-order valence-electron chi connectivity index (χ3n) is 2.12. The average molecular weight is 249 g/mol. The molecular formula is C9H4F5N3. The van der Waals surface area contributed by atoms with Crippen molar-refractivity contribution in [2.75, 3.05) is 0 Å². The van der Waals surface area contributed by atoms with Crippen molar-refractivity contribution in [3.63, 3.8) is 0 Å². The maximum absolute atomic E-state index is 13.2. The molecule has 2 aromatic rings. The first kappa shape index (κ1) is 11.5. The van der Waals surface area contributed by atoms with Crippen molar-refractivity contribution in [1.29, 1.82) is 0 Å². The van der Waals surface area contributed by atoms with Crippen LogP contribution in [0.15, 0.2) is 6.20 Å². The fraction of sp³-hybridized carbons (Fsp3) is 0.111. The number of aromatic nitrogens is 3. The summed E-state index contributed by atoms with van der Waals surface area (Å²) in [5, 5.41) is 8.99. The van der Waals surface area contributed by atoms with Gasteiger partial charge in [-0.3, -0.25) is 0 Å². The first-order valence-corrected chi connectivity index (χ1v) is 4.37. The SMILES string of the molecule is Fc1c(F)c(F)c(Cc2cn[nH]n2)c(F)c1F. The maximum atomic E-state index is 13.2. The topological polar surface area (TPSA) is 41.6 Å². The summed E-state index contributed by atoms with van der Waals surface area (Å²) in [7, 11) is 0. The van der Waals surface area contributed by atoms with Crippen LogP contribution in [-0.4, -0.2) is 15.4 Å². The van der Waals surface area contributed by atoms with Gasteiger partial charge in [0.25, 0.3) is 0 Å². The zero-order chi connectivity index (χ0) is 12.6. The van der Waals surface area contributed by atoms with Gasteiger partial charge in [-0.1, -0.05) is 0 Å². The summed E-state index contributed by atoms with van der Waals surface area (Å²) in [4.78, 5) is 0. The fourth-order valence-electron chi connectivity index (χ4n) is 1.30. The molecule has 17 heavy (non-hydrogen) atoms. The Kier molecular flexibility index (Phi) is 2.78. The number of nitrogens with one attached hydrogen (secondary N) is 1. The highest BCUT2D eigenvalue weighted by molar-refractivity contribution is 5.27. The van der Waals surface area contributed by atoms with Crippen LogP contribution >= 0.6 is 0 Å². The van der Waals surface area contributed by atoms with E-state index in [2.05, 4.69) is 15.4 Å². The second-order valence-electron chi connectivity index (χ2n) is 3.19. The summed E-state index contributed by atoms with van der Waals surface area (Å²) < 4.78 is 64.8. The molecule has 0 aliphatic rings. The van der Waals surface area contributed by atoms with Crippen molar-refractivity contribution >= 4 is 0 Å². The largest absolute Gasteiger partial charge is 0.203 e. The number of hydrogen-bond donors (Lipinski definition) is 1. The van der Waals surface area contributed by atoms with E-state index in [1.165, 1.54) is 0 Å². The minimum atomic E-state index is -2.18. The number of halogens is 5. The highest BCUT2D eigenvalue weighted by atomic mass is 19.2. The van der Waals surface area contributed by atoms with E-state index in [0.29, 0.717) is 0 Å². The highest BCUT2D eigenvalue weighted by Crippen LogP contribution is 2.24. The lowest BCUT2D eigenvalue weighted by Gasteiger charge is -2.06. The van der Waals surface area contributed by atoms with Gasteiger partial charge < -0.3 is 0 Å². The minimum Gasteiger partial charge on any atom is -0.203 e. The van der Waals surface area contributed by atoms with E-state index in [4.69, 9.17) is 0 Å². The molecule has 0 aliphatic heterocycles. The molecule has 0 unspecified atom stereocenters. The lowest BCUT2D eigenvalue weighted by atomic mass is 10.1. The smallest absolute Gasteiger partial charge is 0.200 e. The maximum Gasteiger partial charge on any atom is 0.200 e. The predicted molar refractivity (Wildman–Crippen MR) is 45.4 cm³/mol. The van der Waals surface area contributed by atoms with Gasteiger partial charge in [0.2, 0.25) is 5.82 Å². The lowest BCUT2D eigenvalue weighted by Crippen LogP contribution is -2.07. The van der Waals surface area contributed by atoms with Crippen LogP contribution in [0.5, 0.6) is 0 Å². The van der Waals surface area contributed by atoms with Crippen LogP contribution in [-0.2, 0) is 6.42 Å². The molecule has 0 aliphatic carbocycles. The zero-order valence-corrected chi connectivity index (χ0v) is 8.07. The van der Waals surface area contributed by atoms with Crippen LogP contribution in [0, 0.1) is 29.1 Å². The number of nitrogens with zero attached hydrogens (tertiary/aromatic N) is 2. The number of rotatable bonds is 2. The van der Waals surface area contributed by atoms with Gasteiger partial charge in [-0.15, -0.1) is 0 Å². The molecule has 8 heteroatoms. The van der Waals surface area contributed by atoms with Crippen LogP contribution in [0.1, 0.15) is 11.3 Å². The van der Waals surface area contributed by atoms with Crippen molar-refractivity contribution < 1.29 is 22.0 Å². The molecule has 0 radical (unpaired) electrons. The Balaban J connectivity index is 2.54. The number of H-pyrrole nitrogens is 1. The molecule has 0 atom stereocenters. The molecule has 0 fully saturated rings. The number of aromatic amines is 1. The Bertz CT molecular complexity index is 523. The van der Waals surface area contributed by atoms with E-state index >= 15 is 0 Å². The molecule has 2 rings (SSSR count). The normalized spacial score (nSPS) is 10.9. The standard InChI is InChI=1S/C9H4F5N3/c10-5-4(1-3-2-15-17-16-3)6(11)8(13)9(14)7(5)12/h2H,1H2,(H,15,16,17). The van der Waals surface area contributed by atoms with Crippen molar-refractivity contribution in [2.24, 2.45) is 0 Å². The molecule has 0 amide bonds. The van der Waals surface area contributed by atoms with E-state index < -0.39 is 41.1 Å². The van der Waals surface area contributed by atoms with Gasteiger partial charge in [-0.05, 0) is 0 Å². The summed E-state index contributed by atoms with van der Waals surface area (Å²) in [6.45, 7) is 0. The third-order valence-corrected chi connectivity index (χ3v) is 2.12. The van der Waals surface area contributed by atoms with Gasteiger partial charge in [-0.25, -0.2) is 22.0 Å². The first-order chi connectivity index (χ1) is 8.02. The van der Waals surface area contributed by atoms with Crippen molar-refractivity contribution in [3.8, 4) is 0 Å². The van der Waals surface area contributed by atoms with Crippen molar-refractivity contribution in [1.82, 2.24) is 15.4 Å².